The zero-order chi connectivity index (χ0) is 41.6. The molecule has 2 aromatic carbocycles. The van der Waals surface area contributed by atoms with Crippen molar-refractivity contribution in [2.45, 2.75) is 51.8 Å². The van der Waals surface area contributed by atoms with Gasteiger partial charge in [-0.15, -0.1) is 0 Å². The zero-order valence-electron chi connectivity index (χ0n) is 28.1. The van der Waals surface area contributed by atoms with Crippen LogP contribution in [0.25, 0.3) is 11.3 Å². The molecule has 0 spiro atoms. The van der Waals surface area contributed by atoms with Crippen molar-refractivity contribution in [2.75, 3.05) is 17.6 Å². The summed E-state index contributed by atoms with van der Waals surface area (Å²) in [6, 6.07) is 11.2. The fraction of sp³-hybridized carbons (Fsp3) is 0.290. The molecule has 0 aliphatic rings. The molecule has 0 aliphatic heterocycles. The van der Waals surface area contributed by atoms with Crippen molar-refractivity contribution in [2.24, 2.45) is 5.73 Å². The number of aromatic nitrogens is 2. The van der Waals surface area contributed by atoms with Crippen LogP contribution < -0.4 is 33.0 Å². The molecular formula is C31H34F6N8O9. The number of amides is 2. The number of hydrogen-bond donors (Lipinski definition) is 9. The highest BCUT2D eigenvalue weighted by Crippen LogP contribution is 2.23. The molecule has 11 N–H and O–H groups in total. The average Bonchev–Trinajstić information content (AvgIpc) is 3.04. The Kier molecular flexibility index (Phi) is 16.6. The first-order chi connectivity index (χ1) is 24.8. The van der Waals surface area contributed by atoms with Gasteiger partial charge >= 0.3 is 30.3 Å². The Morgan fingerprint density at radius 1 is 0.889 bits per heavy atom. The summed E-state index contributed by atoms with van der Waals surface area (Å²) in [4.78, 5) is 71.7. The monoisotopic (exact) mass is 776 g/mol. The second kappa shape index (κ2) is 19.8. The van der Waals surface area contributed by atoms with E-state index in [2.05, 4.69) is 20.9 Å². The largest absolute Gasteiger partial charge is 0.490 e. The Hall–Kier alpha value is -6.68. The van der Waals surface area contributed by atoms with Crippen LogP contribution in [0.2, 0.25) is 0 Å². The van der Waals surface area contributed by atoms with Crippen LogP contribution in [-0.4, -0.2) is 85.4 Å². The number of nitrogens with zero attached hydrogens (tertiary/aromatic N) is 2. The van der Waals surface area contributed by atoms with Crippen LogP contribution in [0, 0.1) is 5.41 Å². The molecule has 1 aromatic heterocycles. The fourth-order valence-corrected chi connectivity index (χ4v) is 3.77. The number of nitrogen functional groups attached to an aromatic ring is 2. The smallest absolute Gasteiger partial charge is 0.481 e. The van der Waals surface area contributed by atoms with Gasteiger partial charge in [-0.25, -0.2) is 14.6 Å². The number of amidine groups is 1. The normalized spacial score (nSPS) is 10.8. The molecule has 1 heterocycles. The highest BCUT2D eigenvalue weighted by atomic mass is 19.4. The van der Waals surface area contributed by atoms with Gasteiger partial charge in [0.15, 0.2) is 5.82 Å². The minimum atomic E-state index is -5.08. The number of alkyl halides is 6. The molecule has 2 amide bonds. The summed E-state index contributed by atoms with van der Waals surface area (Å²) >= 11 is 0. The Morgan fingerprint density at radius 3 is 1.89 bits per heavy atom. The Labute approximate surface area is 300 Å². The maximum Gasteiger partial charge on any atom is 0.490 e. The number of nitrogens with one attached hydrogen (secondary N) is 4. The molecule has 0 bridgehead atoms. The summed E-state index contributed by atoms with van der Waals surface area (Å²) in [5.74, 6) is -7.56. The van der Waals surface area contributed by atoms with Crippen LogP contribution in [0.1, 0.15) is 41.8 Å². The molecule has 54 heavy (non-hydrogen) atoms. The van der Waals surface area contributed by atoms with Crippen molar-refractivity contribution < 1.29 is 65.6 Å². The minimum absolute atomic E-state index is 0.0573. The number of hydrogen-bond acceptors (Lipinski definition) is 10. The number of benzene rings is 2. The first-order valence-electron chi connectivity index (χ1n) is 14.9. The van der Waals surface area contributed by atoms with Crippen molar-refractivity contribution in [3.8, 4) is 11.3 Å². The summed E-state index contributed by atoms with van der Waals surface area (Å²) in [7, 11) is 0. The number of rotatable bonds is 12. The van der Waals surface area contributed by atoms with Crippen LogP contribution in [-0.2, 0) is 32.3 Å². The highest BCUT2D eigenvalue weighted by molar-refractivity contribution is 5.97. The number of carbonyl (C=O) groups is 5. The molecule has 0 saturated heterocycles. The molecule has 0 saturated carbocycles. The molecule has 17 nitrogen and oxygen atoms in total. The van der Waals surface area contributed by atoms with Crippen LogP contribution in [0.5, 0.6) is 0 Å². The van der Waals surface area contributed by atoms with Gasteiger partial charge in [0, 0.05) is 41.5 Å². The average molecular weight is 777 g/mol. The molecular weight excluding hydrogens is 742 g/mol. The van der Waals surface area contributed by atoms with Crippen LogP contribution >= 0.6 is 0 Å². The van der Waals surface area contributed by atoms with E-state index >= 15 is 0 Å². The summed E-state index contributed by atoms with van der Waals surface area (Å²) in [5, 5.41) is 38.8. The molecule has 0 radical (unpaired) electrons. The van der Waals surface area contributed by atoms with E-state index in [0.29, 0.717) is 11.1 Å². The van der Waals surface area contributed by atoms with Gasteiger partial charge in [0.1, 0.15) is 12.4 Å². The molecule has 0 atom stereocenters. The second-order valence-corrected chi connectivity index (χ2v) is 10.9. The first kappa shape index (κ1) is 45.3. The van der Waals surface area contributed by atoms with Crippen molar-refractivity contribution in [1.29, 1.82) is 5.41 Å². The van der Waals surface area contributed by atoms with Crippen molar-refractivity contribution in [1.82, 2.24) is 20.2 Å². The van der Waals surface area contributed by atoms with Gasteiger partial charge in [-0.1, -0.05) is 24.3 Å². The summed E-state index contributed by atoms with van der Waals surface area (Å²) in [5.41, 5.74) is 13.3. The molecule has 0 unspecified atom stereocenters. The number of nitrogens with two attached hydrogens (primary N) is 2. The van der Waals surface area contributed by atoms with Gasteiger partial charge in [-0.05, 0) is 37.6 Å². The summed E-state index contributed by atoms with van der Waals surface area (Å²) in [6.45, 7) is 3.46. The molecule has 3 rings (SSSR count). The van der Waals surface area contributed by atoms with E-state index in [0.717, 1.165) is 5.56 Å². The molecule has 0 fully saturated rings. The standard InChI is InChI=1S/C27H32N8O5.2C2HF3O2/c1-15(2)34-25-27(40)35(14-22(36)32-12-16-3-5-17(6-4-16)24(29)30)21(13-33-25)18-9-19(11-20(28)10-18)26(39)31-8-7-23(37)38;2*3-2(4,5)1(6)7/h3-6,9-11,13,15H,7-8,12,14,28H2,1-2H3,(H3,29,30)(H,31,39)(H,32,36)(H,33,34)(H,37,38);2*(H,6,7). The number of halogens is 6. The Morgan fingerprint density at radius 2 is 1.43 bits per heavy atom. The molecule has 0 aliphatic carbocycles. The first-order valence-corrected chi connectivity index (χ1v) is 14.9. The lowest BCUT2D eigenvalue weighted by Crippen LogP contribution is -2.35. The SMILES string of the molecule is CC(C)Nc1ncc(-c2cc(N)cc(C(=O)NCCC(=O)O)c2)n(CC(=O)NCc2ccc(C(=N)N)cc2)c1=O.O=C(O)C(F)(F)F.O=C(O)C(F)(F)F. The molecule has 23 heteroatoms. The fourth-order valence-electron chi connectivity index (χ4n) is 3.77. The number of carbonyl (C=O) groups excluding carboxylic acids is 2. The van der Waals surface area contributed by atoms with E-state index in [1.165, 1.54) is 22.9 Å². The Balaban J connectivity index is 0.000000879. The topological polar surface area (TPSA) is 293 Å². The van der Waals surface area contributed by atoms with Gasteiger partial charge in [0.2, 0.25) is 5.91 Å². The van der Waals surface area contributed by atoms with E-state index in [1.807, 2.05) is 13.8 Å². The van der Waals surface area contributed by atoms with Gasteiger partial charge in [0.05, 0.1) is 18.3 Å². The lowest BCUT2D eigenvalue weighted by molar-refractivity contribution is -0.193. The second-order valence-electron chi connectivity index (χ2n) is 10.9. The van der Waals surface area contributed by atoms with Crippen molar-refractivity contribution >= 4 is 47.1 Å². The zero-order valence-corrected chi connectivity index (χ0v) is 28.1. The maximum atomic E-state index is 13.4. The maximum absolute atomic E-state index is 13.4. The van der Waals surface area contributed by atoms with Crippen LogP contribution in [0.15, 0.2) is 53.5 Å². The highest BCUT2D eigenvalue weighted by Gasteiger charge is 2.38. The van der Waals surface area contributed by atoms with E-state index < -0.39 is 47.6 Å². The van der Waals surface area contributed by atoms with Gasteiger partial charge in [0.25, 0.3) is 11.5 Å². The van der Waals surface area contributed by atoms with Crippen LogP contribution in [0.4, 0.5) is 37.8 Å². The van der Waals surface area contributed by atoms with Crippen LogP contribution in [0.3, 0.4) is 0 Å². The van der Waals surface area contributed by atoms with Gasteiger partial charge in [-0.3, -0.25) is 29.2 Å². The lowest BCUT2D eigenvalue weighted by Gasteiger charge is -2.17. The minimum Gasteiger partial charge on any atom is -0.481 e. The van der Waals surface area contributed by atoms with Gasteiger partial charge < -0.3 is 42.7 Å². The Bertz CT molecular complexity index is 1870. The third-order valence-corrected chi connectivity index (χ3v) is 6.16. The van der Waals surface area contributed by atoms with Crippen molar-refractivity contribution in [3.05, 3.63) is 75.7 Å². The quantitative estimate of drug-likeness (QED) is 0.0553. The third-order valence-electron chi connectivity index (χ3n) is 6.16. The van der Waals surface area contributed by atoms with E-state index in [1.54, 1.807) is 30.3 Å². The predicted molar refractivity (Wildman–Crippen MR) is 178 cm³/mol. The summed E-state index contributed by atoms with van der Waals surface area (Å²) < 4.78 is 64.7. The lowest BCUT2D eigenvalue weighted by atomic mass is 10.1. The van der Waals surface area contributed by atoms with Gasteiger partial charge in [-0.2, -0.15) is 26.3 Å². The van der Waals surface area contributed by atoms with E-state index in [9.17, 15) is 45.5 Å². The summed E-state index contributed by atoms with van der Waals surface area (Å²) in [6.07, 6.45) is -8.99. The van der Waals surface area contributed by atoms with E-state index in [4.69, 9.17) is 41.8 Å². The van der Waals surface area contributed by atoms with Crippen molar-refractivity contribution in [3.63, 3.8) is 0 Å². The van der Waals surface area contributed by atoms with E-state index in [-0.39, 0.29) is 60.7 Å². The molecule has 294 valence electrons. The third kappa shape index (κ3) is 15.7. The number of carboxylic acid groups (broad SMARTS) is 3. The predicted octanol–water partition coefficient (Wildman–Crippen LogP) is 2.38. The number of aliphatic carboxylic acids is 3. The number of anilines is 2. The molecule has 3 aromatic rings. The number of carboxylic acids is 3.